The van der Waals surface area contributed by atoms with Gasteiger partial charge in [-0.3, -0.25) is 0 Å². The lowest BCUT2D eigenvalue weighted by Gasteiger charge is -2.29. The molecule has 1 aromatic carbocycles. The van der Waals surface area contributed by atoms with Crippen LogP contribution in [0.25, 0.3) is 0 Å². The van der Waals surface area contributed by atoms with Crippen molar-refractivity contribution in [3.05, 3.63) is 29.8 Å². The maximum atomic E-state index is 12.7. The van der Waals surface area contributed by atoms with Crippen molar-refractivity contribution >= 4 is 10.0 Å². The van der Waals surface area contributed by atoms with E-state index in [1.165, 1.54) is 16.4 Å². The van der Waals surface area contributed by atoms with Gasteiger partial charge in [0.05, 0.1) is 17.6 Å². The third-order valence-corrected chi connectivity index (χ3v) is 5.61. The number of aliphatic hydroxyl groups excluding tert-OH is 2. The molecule has 21 heavy (non-hydrogen) atoms. The fourth-order valence-corrected chi connectivity index (χ4v) is 4.11. The van der Waals surface area contributed by atoms with E-state index in [1.54, 1.807) is 19.1 Å². The van der Waals surface area contributed by atoms with Crippen molar-refractivity contribution in [1.29, 1.82) is 0 Å². The zero-order chi connectivity index (χ0) is 16.0. The zero-order valence-corrected chi connectivity index (χ0v) is 13.7. The number of hydrogen-bond donors (Lipinski definition) is 2. The van der Waals surface area contributed by atoms with E-state index in [0.29, 0.717) is 18.4 Å². The van der Waals surface area contributed by atoms with Gasteiger partial charge in [-0.15, -0.1) is 0 Å². The minimum atomic E-state index is -3.64. The molecule has 0 saturated heterocycles. The maximum Gasteiger partial charge on any atom is 0.243 e. The first-order chi connectivity index (χ1) is 9.88. The smallest absolute Gasteiger partial charge is 0.243 e. The van der Waals surface area contributed by atoms with Crippen molar-refractivity contribution in [2.75, 3.05) is 13.2 Å². The van der Waals surface area contributed by atoms with Crippen LogP contribution in [0.5, 0.6) is 0 Å². The summed E-state index contributed by atoms with van der Waals surface area (Å²) in [6.45, 7) is 5.38. The van der Waals surface area contributed by atoms with E-state index in [1.807, 2.05) is 13.8 Å². The van der Waals surface area contributed by atoms with Crippen LogP contribution in [0.2, 0.25) is 0 Å². The van der Waals surface area contributed by atoms with Gasteiger partial charge in [0.25, 0.3) is 0 Å². The molecule has 1 rings (SSSR count). The quantitative estimate of drug-likeness (QED) is 0.768. The minimum absolute atomic E-state index is 0.0901. The normalized spacial score (nSPS) is 13.9. The first-order valence-electron chi connectivity index (χ1n) is 7.29. The lowest BCUT2D eigenvalue weighted by Crippen LogP contribution is -2.41. The van der Waals surface area contributed by atoms with E-state index in [9.17, 15) is 13.5 Å². The number of sulfonamides is 1. The molecule has 0 aliphatic heterocycles. The SMILES string of the molecule is CCC(CC)N(CCO)S(=O)(=O)c1ccc(C(C)O)cc1. The van der Waals surface area contributed by atoms with Gasteiger partial charge >= 0.3 is 0 Å². The molecule has 0 saturated carbocycles. The fraction of sp³-hybridized carbons (Fsp3) is 0.600. The summed E-state index contributed by atoms with van der Waals surface area (Å²) in [5.41, 5.74) is 0.671. The standard InChI is InChI=1S/C15H25NO4S/c1-4-14(5-2)16(10-11-17)21(19,20)15-8-6-13(7-9-15)12(3)18/h6-9,12,14,17-18H,4-5,10-11H2,1-3H3. The molecule has 0 bridgehead atoms. The van der Waals surface area contributed by atoms with Crippen molar-refractivity contribution in [3.63, 3.8) is 0 Å². The predicted octanol–water partition coefficient (Wildman–Crippen LogP) is 1.91. The first kappa shape index (κ1) is 18.1. The number of benzene rings is 1. The third kappa shape index (κ3) is 4.26. The Balaban J connectivity index is 3.15. The van der Waals surface area contributed by atoms with E-state index in [4.69, 9.17) is 5.11 Å². The number of hydrogen-bond acceptors (Lipinski definition) is 4. The van der Waals surface area contributed by atoms with Crippen LogP contribution in [-0.4, -0.2) is 42.1 Å². The van der Waals surface area contributed by atoms with Gasteiger partial charge in [0.1, 0.15) is 0 Å². The third-order valence-electron chi connectivity index (χ3n) is 3.64. The Morgan fingerprint density at radius 3 is 2.05 bits per heavy atom. The van der Waals surface area contributed by atoms with Gasteiger partial charge in [0.15, 0.2) is 0 Å². The van der Waals surface area contributed by atoms with Crippen LogP contribution >= 0.6 is 0 Å². The molecular formula is C15H25NO4S. The summed E-state index contributed by atoms with van der Waals surface area (Å²) in [6, 6.07) is 6.11. The van der Waals surface area contributed by atoms with Crippen LogP contribution in [0.15, 0.2) is 29.2 Å². The Hall–Kier alpha value is -0.950. The molecule has 6 heteroatoms. The highest BCUT2D eigenvalue weighted by atomic mass is 32.2. The van der Waals surface area contributed by atoms with E-state index < -0.39 is 16.1 Å². The summed E-state index contributed by atoms with van der Waals surface area (Å²) < 4.78 is 26.8. The second-order valence-corrected chi connectivity index (χ2v) is 6.95. The molecule has 0 amide bonds. The highest BCUT2D eigenvalue weighted by Gasteiger charge is 2.29. The van der Waals surface area contributed by atoms with Crippen molar-refractivity contribution < 1.29 is 18.6 Å². The summed E-state index contributed by atoms with van der Waals surface area (Å²) in [6.07, 6.45) is 0.762. The van der Waals surface area contributed by atoms with Gasteiger partial charge < -0.3 is 10.2 Å². The van der Waals surface area contributed by atoms with Crippen LogP contribution in [0.1, 0.15) is 45.3 Å². The fourth-order valence-electron chi connectivity index (χ4n) is 2.35. The molecule has 1 unspecified atom stereocenters. The second-order valence-electron chi connectivity index (χ2n) is 5.05. The average Bonchev–Trinajstić information content (AvgIpc) is 2.47. The molecule has 5 nitrogen and oxygen atoms in total. The molecule has 0 fully saturated rings. The lowest BCUT2D eigenvalue weighted by molar-refractivity contribution is 0.199. The molecule has 2 N–H and O–H groups in total. The molecule has 0 aliphatic carbocycles. The van der Waals surface area contributed by atoms with E-state index in [0.717, 1.165) is 0 Å². The Morgan fingerprint density at radius 1 is 1.14 bits per heavy atom. The van der Waals surface area contributed by atoms with Crippen LogP contribution in [-0.2, 0) is 10.0 Å². The van der Waals surface area contributed by atoms with Crippen molar-refractivity contribution in [1.82, 2.24) is 4.31 Å². The van der Waals surface area contributed by atoms with Gasteiger partial charge in [-0.2, -0.15) is 4.31 Å². The Bertz CT molecular complexity index is 521. The highest BCUT2D eigenvalue weighted by Crippen LogP contribution is 2.23. The maximum absolute atomic E-state index is 12.7. The van der Waals surface area contributed by atoms with Crippen LogP contribution in [0, 0.1) is 0 Å². The zero-order valence-electron chi connectivity index (χ0n) is 12.9. The Morgan fingerprint density at radius 2 is 1.67 bits per heavy atom. The summed E-state index contributed by atoms with van der Waals surface area (Å²) in [5.74, 6) is 0. The molecule has 0 aliphatic rings. The molecule has 0 radical (unpaired) electrons. The molecular weight excluding hydrogens is 290 g/mol. The van der Waals surface area contributed by atoms with Gasteiger partial charge in [-0.05, 0) is 37.5 Å². The first-order valence-corrected chi connectivity index (χ1v) is 8.73. The average molecular weight is 315 g/mol. The molecule has 120 valence electrons. The largest absolute Gasteiger partial charge is 0.395 e. The summed E-state index contributed by atoms with van der Waals surface area (Å²) in [5, 5.41) is 18.6. The minimum Gasteiger partial charge on any atom is -0.395 e. The predicted molar refractivity (Wildman–Crippen MR) is 82.4 cm³/mol. The van der Waals surface area contributed by atoms with Crippen molar-refractivity contribution in [2.24, 2.45) is 0 Å². The Kier molecular flexibility index (Phi) is 6.80. The van der Waals surface area contributed by atoms with E-state index >= 15 is 0 Å². The topological polar surface area (TPSA) is 77.8 Å². The molecule has 0 aromatic heterocycles. The Labute approximate surface area is 127 Å². The summed E-state index contributed by atoms with van der Waals surface area (Å²) >= 11 is 0. The second kappa shape index (κ2) is 7.89. The van der Waals surface area contributed by atoms with Gasteiger partial charge in [-0.25, -0.2) is 8.42 Å². The summed E-state index contributed by atoms with van der Waals surface area (Å²) in [7, 11) is -3.64. The van der Waals surface area contributed by atoms with Crippen LogP contribution < -0.4 is 0 Å². The molecule has 0 heterocycles. The van der Waals surface area contributed by atoms with Crippen LogP contribution in [0.3, 0.4) is 0 Å². The van der Waals surface area contributed by atoms with Gasteiger partial charge in [-0.1, -0.05) is 26.0 Å². The number of nitrogens with zero attached hydrogens (tertiary/aromatic N) is 1. The monoisotopic (exact) mass is 315 g/mol. The van der Waals surface area contributed by atoms with Gasteiger partial charge in [0, 0.05) is 12.6 Å². The number of aliphatic hydroxyl groups is 2. The summed E-state index contributed by atoms with van der Waals surface area (Å²) in [4.78, 5) is 0.187. The van der Waals surface area contributed by atoms with E-state index in [-0.39, 0.29) is 24.1 Å². The van der Waals surface area contributed by atoms with Crippen molar-refractivity contribution in [3.8, 4) is 0 Å². The van der Waals surface area contributed by atoms with Crippen molar-refractivity contribution in [2.45, 2.75) is 50.7 Å². The molecule has 1 atom stereocenters. The van der Waals surface area contributed by atoms with E-state index in [2.05, 4.69) is 0 Å². The highest BCUT2D eigenvalue weighted by molar-refractivity contribution is 7.89. The lowest BCUT2D eigenvalue weighted by atomic mass is 10.1. The van der Waals surface area contributed by atoms with Gasteiger partial charge in [0.2, 0.25) is 10.0 Å². The molecule has 0 spiro atoms. The molecule has 1 aromatic rings. The van der Waals surface area contributed by atoms with Crippen LogP contribution in [0.4, 0.5) is 0 Å². The number of rotatable bonds is 8.